The second-order valence-corrected chi connectivity index (χ2v) is 4.78. The van der Waals surface area contributed by atoms with E-state index in [2.05, 4.69) is 54.0 Å². The molecule has 0 aliphatic heterocycles. The van der Waals surface area contributed by atoms with Crippen LogP contribution in [0.3, 0.4) is 0 Å². The van der Waals surface area contributed by atoms with Crippen LogP contribution in [0.2, 0.25) is 0 Å². The molecule has 0 radical (unpaired) electrons. The topological polar surface area (TPSA) is 23.5 Å². The number of hydrogen-bond acceptors (Lipinski definition) is 2. The van der Waals surface area contributed by atoms with Crippen molar-refractivity contribution in [2.45, 2.75) is 19.9 Å². The summed E-state index contributed by atoms with van der Waals surface area (Å²) in [4.78, 5) is 2.33. The summed E-state index contributed by atoms with van der Waals surface area (Å²) in [6.07, 6.45) is 0.518. The molecule has 0 fully saturated rings. The summed E-state index contributed by atoms with van der Waals surface area (Å²) >= 11 is 0. The molecular formula is C19H21NO. The molecular weight excluding hydrogens is 258 g/mol. The minimum Gasteiger partial charge on any atom is -0.395 e. The molecule has 0 aromatic heterocycles. The van der Waals surface area contributed by atoms with E-state index in [1.807, 2.05) is 24.3 Å². The van der Waals surface area contributed by atoms with Crippen LogP contribution in [0.4, 0.5) is 5.69 Å². The molecule has 0 atom stereocenters. The van der Waals surface area contributed by atoms with Gasteiger partial charge in [-0.3, -0.25) is 0 Å². The van der Waals surface area contributed by atoms with Crippen molar-refractivity contribution in [3.63, 3.8) is 0 Å². The average Bonchev–Trinajstić information content (AvgIpc) is 2.55. The molecule has 0 bridgehead atoms. The lowest BCUT2D eigenvalue weighted by atomic mass is 10.1. The van der Waals surface area contributed by atoms with Crippen molar-refractivity contribution in [3.05, 3.63) is 65.7 Å². The molecule has 2 rings (SSSR count). The van der Waals surface area contributed by atoms with E-state index in [4.69, 9.17) is 5.11 Å². The van der Waals surface area contributed by atoms with E-state index in [0.29, 0.717) is 6.42 Å². The standard InChI is InChI=1S/C19H21NO/c1-2-20(19-13-4-3-5-14-19)16-18-12-7-6-10-17(18)11-8-9-15-21/h3-7,10,12-14,21H,2,9,15-16H2,1H3. The second kappa shape index (κ2) is 8.14. The van der Waals surface area contributed by atoms with Gasteiger partial charge < -0.3 is 10.0 Å². The maximum Gasteiger partial charge on any atom is 0.0540 e. The van der Waals surface area contributed by atoms with Gasteiger partial charge in [0.05, 0.1) is 6.61 Å². The Morgan fingerprint density at radius 3 is 2.43 bits per heavy atom. The minimum absolute atomic E-state index is 0.111. The highest BCUT2D eigenvalue weighted by Crippen LogP contribution is 2.18. The molecule has 0 aliphatic rings. The molecule has 0 saturated heterocycles. The van der Waals surface area contributed by atoms with Crippen molar-refractivity contribution in [2.75, 3.05) is 18.1 Å². The Morgan fingerprint density at radius 2 is 1.71 bits per heavy atom. The van der Waals surface area contributed by atoms with Gasteiger partial charge in [-0.25, -0.2) is 0 Å². The molecule has 2 aromatic carbocycles. The predicted molar refractivity (Wildman–Crippen MR) is 88.2 cm³/mol. The Labute approximate surface area is 127 Å². The van der Waals surface area contributed by atoms with Crippen LogP contribution >= 0.6 is 0 Å². The van der Waals surface area contributed by atoms with Gasteiger partial charge in [0, 0.05) is 30.8 Å². The lowest BCUT2D eigenvalue weighted by molar-refractivity contribution is 0.305. The number of nitrogens with zero attached hydrogens (tertiary/aromatic N) is 1. The number of rotatable bonds is 5. The largest absolute Gasteiger partial charge is 0.395 e. The molecule has 0 amide bonds. The molecule has 0 spiro atoms. The maximum absolute atomic E-state index is 8.83. The zero-order valence-electron chi connectivity index (χ0n) is 12.4. The zero-order valence-corrected chi connectivity index (χ0v) is 12.4. The van der Waals surface area contributed by atoms with Gasteiger partial charge in [-0.1, -0.05) is 48.2 Å². The van der Waals surface area contributed by atoms with Crippen LogP contribution in [0.25, 0.3) is 0 Å². The fourth-order valence-corrected chi connectivity index (χ4v) is 2.22. The summed E-state index contributed by atoms with van der Waals surface area (Å²) in [6, 6.07) is 18.6. The van der Waals surface area contributed by atoms with Gasteiger partial charge in [-0.15, -0.1) is 0 Å². The highest BCUT2D eigenvalue weighted by molar-refractivity contribution is 5.49. The number of anilines is 1. The highest BCUT2D eigenvalue weighted by atomic mass is 16.2. The minimum atomic E-state index is 0.111. The van der Waals surface area contributed by atoms with E-state index in [9.17, 15) is 0 Å². The number of aliphatic hydroxyl groups excluding tert-OH is 1. The number of benzene rings is 2. The molecule has 21 heavy (non-hydrogen) atoms. The molecule has 2 heteroatoms. The van der Waals surface area contributed by atoms with E-state index in [1.54, 1.807) is 0 Å². The third-order valence-corrected chi connectivity index (χ3v) is 3.34. The average molecular weight is 279 g/mol. The summed E-state index contributed by atoms with van der Waals surface area (Å²) in [7, 11) is 0. The maximum atomic E-state index is 8.83. The van der Waals surface area contributed by atoms with Crippen LogP contribution in [-0.2, 0) is 6.54 Å². The summed E-state index contributed by atoms with van der Waals surface area (Å²) < 4.78 is 0. The second-order valence-electron chi connectivity index (χ2n) is 4.78. The third-order valence-electron chi connectivity index (χ3n) is 3.34. The molecule has 0 heterocycles. The number of hydrogen-bond donors (Lipinski definition) is 1. The first-order valence-electron chi connectivity index (χ1n) is 7.32. The van der Waals surface area contributed by atoms with E-state index < -0.39 is 0 Å². The number of para-hydroxylation sites is 1. The fourth-order valence-electron chi connectivity index (χ4n) is 2.22. The van der Waals surface area contributed by atoms with Crippen LogP contribution in [0.15, 0.2) is 54.6 Å². The predicted octanol–water partition coefficient (Wildman–Crippen LogP) is 3.45. The number of aliphatic hydroxyl groups is 1. The SMILES string of the molecule is CCN(Cc1ccccc1C#CCCO)c1ccccc1. The monoisotopic (exact) mass is 279 g/mol. The summed E-state index contributed by atoms with van der Waals surface area (Å²) in [5, 5.41) is 8.83. The van der Waals surface area contributed by atoms with Crippen molar-refractivity contribution in [1.82, 2.24) is 0 Å². The van der Waals surface area contributed by atoms with Crippen molar-refractivity contribution in [3.8, 4) is 11.8 Å². The highest BCUT2D eigenvalue weighted by Gasteiger charge is 2.07. The Kier molecular flexibility index (Phi) is 5.87. The molecule has 2 nitrogen and oxygen atoms in total. The van der Waals surface area contributed by atoms with Gasteiger partial charge in [0.2, 0.25) is 0 Å². The van der Waals surface area contributed by atoms with Crippen LogP contribution in [-0.4, -0.2) is 18.3 Å². The molecule has 0 unspecified atom stereocenters. The lowest BCUT2D eigenvalue weighted by Crippen LogP contribution is -2.22. The Bertz CT molecular complexity index is 610. The fraction of sp³-hybridized carbons (Fsp3) is 0.263. The summed E-state index contributed by atoms with van der Waals surface area (Å²) in [5.41, 5.74) is 3.48. The molecule has 2 aromatic rings. The Hall–Kier alpha value is -2.24. The summed E-state index contributed by atoms with van der Waals surface area (Å²) in [6.45, 7) is 4.06. The Morgan fingerprint density at radius 1 is 1.00 bits per heavy atom. The van der Waals surface area contributed by atoms with Crippen LogP contribution in [0, 0.1) is 11.8 Å². The van der Waals surface area contributed by atoms with Gasteiger partial charge in [0.25, 0.3) is 0 Å². The normalized spacial score (nSPS) is 9.81. The zero-order chi connectivity index (χ0) is 14.9. The third kappa shape index (κ3) is 4.37. The first-order valence-corrected chi connectivity index (χ1v) is 7.32. The van der Waals surface area contributed by atoms with Crippen molar-refractivity contribution < 1.29 is 5.11 Å². The van der Waals surface area contributed by atoms with Crippen LogP contribution < -0.4 is 4.90 Å². The van der Waals surface area contributed by atoms with Gasteiger partial charge in [0.1, 0.15) is 0 Å². The quantitative estimate of drug-likeness (QED) is 0.847. The van der Waals surface area contributed by atoms with Gasteiger partial charge in [0.15, 0.2) is 0 Å². The van der Waals surface area contributed by atoms with Crippen molar-refractivity contribution in [2.24, 2.45) is 0 Å². The van der Waals surface area contributed by atoms with E-state index >= 15 is 0 Å². The summed E-state index contributed by atoms with van der Waals surface area (Å²) in [5.74, 6) is 6.16. The van der Waals surface area contributed by atoms with Crippen LogP contribution in [0.5, 0.6) is 0 Å². The molecule has 0 aliphatic carbocycles. The van der Waals surface area contributed by atoms with E-state index in [0.717, 1.165) is 18.7 Å². The van der Waals surface area contributed by atoms with Gasteiger partial charge in [-0.2, -0.15) is 0 Å². The van der Waals surface area contributed by atoms with Crippen LogP contribution in [0.1, 0.15) is 24.5 Å². The molecule has 0 saturated carbocycles. The Balaban J connectivity index is 2.20. The van der Waals surface area contributed by atoms with Gasteiger partial charge >= 0.3 is 0 Å². The smallest absolute Gasteiger partial charge is 0.0540 e. The first kappa shape index (κ1) is 15.2. The lowest BCUT2D eigenvalue weighted by Gasteiger charge is -2.23. The molecule has 108 valence electrons. The van der Waals surface area contributed by atoms with Gasteiger partial charge in [-0.05, 0) is 30.7 Å². The molecule has 1 N–H and O–H groups in total. The first-order chi connectivity index (χ1) is 10.3. The van der Waals surface area contributed by atoms with Crippen molar-refractivity contribution in [1.29, 1.82) is 0 Å². The van der Waals surface area contributed by atoms with Crippen molar-refractivity contribution >= 4 is 5.69 Å². The van der Waals surface area contributed by atoms with E-state index in [1.165, 1.54) is 11.3 Å². The van der Waals surface area contributed by atoms with E-state index in [-0.39, 0.29) is 6.61 Å².